The highest BCUT2D eigenvalue weighted by Crippen LogP contribution is 2.26. The lowest BCUT2D eigenvalue weighted by atomic mass is 10.0. The minimum Gasteiger partial charge on any atom is -0.382 e. The summed E-state index contributed by atoms with van der Waals surface area (Å²) in [5.41, 5.74) is 0.998. The Morgan fingerprint density at radius 1 is 1.15 bits per heavy atom. The van der Waals surface area contributed by atoms with Crippen LogP contribution in [0.15, 0.2) is 42.7 Å². The highest BCUT2D eigenvalue weighted by atomic mass is 19.2. The number of hydrogen-bond acceptors (Lipinski definition) is 2. The molecule has 0 spiro atoms. The van der Waals surface area contributed by atoms with E-state index < -0.39 is 17.7 Å². The second-order valence-corrected chi connectivity index (χ2v) is 4.63. The third kappa shape index (κ3) is 1.96. The summed E-state index contributed by atoms with van der Waals surface area (Å²) in [5, 5.41) is 10.2. The molecule has 20 heavy (non-hydrogen) atoms. The Hall–Kier alpha value is -2.27. The van der Waals surface area contributed by atoms with Crippen LogP contribution in [0.1, 0.15) is 22.9 Å². The molecule has 1 aromatic carbocycles. The van der Waals surface area contributed by atoms with Crippen molar-refractivity contribution in [3.8, 4) is 0 Å². The highest BCUT2D eigenvalue weighted by Gasteiger charge is 2.21. The van der Waals surface area contributed by atoms with Crippen LogP contribution in [0.4, 0.5) is 8.78 Å². The molecule has 0 aliphatic heterocycles. The van der Waals surface area contributed by atoms with E-state index >= 15 is 0 Å². The van der Waals surface area contributed by atoms with Crippen LogP contribution in [0.3, 0.4) is 0 Å². The van der Waals surface area contributed by atoms with E-state index in [1.165, 1.54) is 19.1 Å². The number of rotatable bonds is 2. The van der Waals surface area contributed by atoms with E-state index in [2.05, 4.69) is 4.98 Å². The summed E-state index contributed by atoms with van der Waals surface area (Å²) in [6.45, 7) is 1.47. The number of aliphatic hydroxyl groups excluding tert-OH is 1. The predicted molar refractivity (Wildman–Crippen MR) is 70.3 cm³/mol. The predicted octanol–water partition coefficient (Wildman–Crippen LogP) is 3.00. The Labute approximate surface area is 114 Å². The van der Waals surface area contributed by atoms with E-state index in [0.717, 1.165) is 0 Å². The molecule has 0 saturated heterocycles. The van der Waals surface area contributed by atoms with Crippen molar-refractivity contribution in [3.63, 3.8) is 0 Å². The molecule has 0 radical (unpaired) electrons. The normalized spacial score (nSPS) is 12.8. The third-order valence-electron chi connectivity index (χ3n) is 3.26. The van der Waals surface area contributed by atoms with Gasteiger partial charge in [-0.15, -0.1) is 0 Å². The average molecular weight is 274 g/mol. The fourth-order valence-corrected chi connectivity index (χ4v) is 2.12. The second kappa shape index (κ2) is 4.68. The van der Waals surface area contributed by atoms with Crippen LogP contribution in [0, 0.1) is 18.6 Å². The summed E-state index contributed by atoms with van der Waals surface area (Å²) in [5.74, 6) is -1.97. The summed E-state index contributed by atoms with van der Waals surface area (Å²) in [6.07, 6.45) is 2.06. The lowest BCUT2D eigenvalue weighted by Crippen LogP contribution is -2.05. The van der Waals surface area contributed by atoms with Gasteiger partial charge in [-0.05, 0) is 24.6 Å². The van der Waals surface area contributed by atoms with Gasteiger partial charge in [0.05, 0.1) is 5.69 Å². The monoisotopic (exact) mass is 274 g/mol. The van der Waals surface area contributed by atoms with E-state index in [4.69, 9.17) is 0 Å². The lowest BCUT2D eigenvalue weighted by molar-refractivity contribution is 0.209. The fraction of sp³-hybridized carbons (Fsp3) is 0.133. The first-order valence-corrected chi connectivity index (χ1v) is 6.14. The van der Waals surface area contributed by atoms with Gasteiger partial charge in [0.25, 0.3) is 0 Å². The van der Waals surface area contributed by atoms with Gasteiger partial charge in [0.1, 0.15) is 11.8 Å². The quantitative estimate of drug-likeness (QED) is 0.780. The van der Waals surface area contributed by atoms with Crippen LogP contribution >= 0.6 is 0 Å². The molecule has 0 saturated carbocycles. The van der Waals surface area contributed by atoms with Gasteiger partial charge in [0.15, 0.2) is 11.6 Å². The molecule has 0 amide bonds. The van der Waals surface area contributed by atoms with Crippen molar-refractivity contribution in [3.05, 3.63) is 71.2 Å². The van der Waals surface area contributed by atoms with E-state index in [9.17, 15) is 13.9 Å². The molecule has 2 aromatic heterocycles. The molecule has 2 heterocycles. The summed E-state index contributed by atoms with van der Waals surface area (Å²) in [6, 6.07) is 8.21. The molecule has 0 aliphatic carbocycles. The summed E-state index contributed by atoms with van der Waals surface area (Å²) < 4.78 is 29.2. The molecule has 3 nitrogen and oxygen atoms in total. The van der Waals surface area contributed by atoms with E-state index in [-0.39, 0.29) is 16.8 Å². The molecule has 0 fully saturated rings. The molecule has 3 aromatic rings. The van der Waals surface area contributed by atoms with Gasteiger partial charge in [0, 0.05) is 18.0 Å². The topological polar surface area (TPSA) is 37.5 Å². The van der Waals surface area contributed by atoms with E-state index in [1.807, 2.05) is 12.1 Å². The average Bonchev–Trinajstić information content (AvgIpc) is 2.88. The van der Waals surface area contributed by atoms with Crippen LogP contribution in [0.2, 0.25) is 0 Å². The van der Waals surface area contributed by atoms with Gasteiger partial charge in [-0.25, -0.2) is 13.8 Å². The van der Waals surface area contributed by atoms with Gasteiger partial charge in [-0.2, -0.15) is 0 Å². The van der Waals surface area contributed by atoms with Crippen molar-refractivity contribution >= 4 is 5.65 Å². The summed E-state index contributed by atoms with van der Waals surface area (Å²) in [7, 11) is 0. The third-order valence-corrected chi connectivity index (χ3v) is 3.26. The Bertz CT molecular complexity index is 750. The molecule has 3 rings (SSSR count). The number of imidazole rings is 1. The van der Waals surface area contributed by atoms with Gasteiger partial charge in [-0.1, -0.05) is 18.2 Å². The number of pyridine rings is 1. The SMILES string of the molecule is Cc1ccc(C(O)c2cn3ccccc3n2)c(F)c1F. The number of benzene rings is 1. The first-order chi connectivity index (χ1) is 9.58. The Morgan fingerprint density at radius 3 is 2.70 bits per heavy atom. The first-order valence-electron chi connectivity index (χ1n) is 6.14. The summed E-state index contributed by atoms with van der Waals surface area (Å²) >= 11 is 0. The maximum absolute atomic E-state index is 13.9. The number of halogens is 2. The van der Waals surface area contributed by atoms with Crippen LogP contribution in [-0.4, -0.2) is 14.5 Å². The molecule has 1 unspecified atom stereocenters. The largest absolute Gasteiger partial charge is 0.382 e. The van der Waals surface area contributed by atoms with Crippen molar-refractivity contribution in [1.29, 1.82) is 0 Å². The lowest BCUT2D eigenvalue weighted by Gasteiger charge is -2.10. The Balaban J connectivity index is 2.08. The second-order valence-electron chi connectivity index (χ2n) is 4.63. The van der Waals surface area contributed by atoms with Crippen molar-refractivity contribution < 1.29 is 13.9 Å². The van der Waals surface area contributed by atoms with Crippen molar-refractivity contribution in [2.45, 2.75) is 13.0 Å². The minimum atomic E-state index is -1.30. The van der Waals surface area contributed by atoms with Crippen molar-refractivity contribution in [2.75, 3.05) is 0 Å². The smallest absolute Gasteiger partial charge is 0.165 e. The van der Waals surface area contributed by atoms with Gasteiger partial charge in [0.2, 0.25) is 0 Å². The number of nitrogens with zero attached hydrogens (tertiary/aromatic N) is 2. The zero-order valence-corrected chi connectivity index (χ0v) is 10.7. The Morgan fingerprint density at radius 2 is 1.95 bits per heavy atom. The number of fused-ring (bicyclic) bond motifs is 1. The first kappa shape index (κ1) is 12.7. The Kier molecular flexibility index (Phi) is 2.99. The fourth-order valence-electron chi connectivity index (χ4n) is 2.12. The van der Waals surface area contributed by atoms with Crippen LogP contribution in [-0.2, 0) is 0 Å². The zero-order chi connectivity index (χ0) is 14.3. The maximum Gasteiger partial charge on any atom is 0.165 e. The molecular formula is C15H12F2N2O. The molecule has 102 valence electrons. The molecule has 5 heteroatoms. The van der Waals surface area contributed by atoms with Gasteiger partial charge in [-0.3, -0.25) is 0 Å². The standard InChI is InChI=1S/C15H12F2N2O/c1-9-5-6-10(14(17)13(9)16)15(20)11-8-19-7-3-2-4-12(19)18-11/h2-8,15,20H,1H3. The van der Waals surface area contributed by atoms with Crippen LogP contribution in [0.5, 0.6) is 0 Å². The molecule has 0 bridgehead atoms. The van der Waals surface area contributed by atoms with E-state index in [1.54, 1.807) is 22.9 Å². The van der Waals surface area contributed by atoms with Gasteiger partial charge < -0.3 is 9.51 Å². The van der Waals surface area contributed by atoms with E-state index in [0.29, 0.717) is 5.65 Å². The van der Waals surface area contributed by atoms with Crippen LogP contribution in [0.25, 0.3) is 5.65 Å². The summed E-state index contributed by atoms with van der Waals surface area (Å²) in [4.78, 5) is 4.21. The molecule has 0 aliphatic rings. The number of aliphatic hydroxyl groups is 1. The van der Waals surface area contributed by atoms with Crippen molar-refractivity contribution in [1.82, 2.24) is 9.38 Å². The van der Waals surface area contributed by atoms with Crippen LogP contribution < -0.4 is 0 Å². The number of aryl methyl sites for hydroxylation is 1. The number of aromatic nitrogens is 2. The van der Waals surface area contributed by atoms with Gasteiger partial charge >= 0.3 is 0 Å². The molecule has 1 atom stereocenters. The zero-order valence-electron chi connectivity index (χ0n) is 10.7. The highest BCUT2D eigenvalue weighted by molar-refractivity contribution is 5.41. The van der Waals surface area contributed by atoms with Crippen molar-refractivity contribution in [2.24, 2.45) is 0 Å². The number of hydrogen-bond donors (Lipinski definition) is 1. The molecular weight excluding hydrogens is 262 g/mol. The maximum atomic E-state index is 13.9. The molecule has 1 N–H and O–H groups in total. The minimum absolute atomic E-state index is 0.114.